The van der Waals surface area contributed by atoms with E-state index in [9.17, 15) is 37.2 Å². The molecule has 8 rings (SSSR count). The molecule has 1 spiro atoms. The highest BCUT2D eigenvalue weighted by Gasteiger charge is 2.51. The van der Waals surface area contributed by atoms with Crippen molar-refractivity contribution in [1.82, 2.24) is 29.0 Å². The normalized spacial score (nSPS) is 23.6. The van der Waals surface area contributed by atoms with E-state index in [1.54, 1.807) is 6.92 Å². The van der Waals surface area contributed by atoms with Crippen molar-refractivity contribution in [2.75, 3.05) is 29.9 Å². The van der Waals surface area contributed by atoms with E-state index in [0.29, 0.717) is 29.4 Å². The summed E-state index contributed by atoms with van der Waals surface area (Å²) >= 11 is 5.25. The van der Waals surface area contributed by atoms with Crippen molar-refractivity contribution in [2.45, 2.75) is 50.6 Å². The van der Waals surface area contributed by atoms with E-state index < -0.39 is 58.5 Å². The number of nitrogens with one attached hydrogen (secondary N) is 1. The Labute approximate surface area is 301 Å². The lowest BCUT2D eigenvalue weighted by Crippen LogP contribution is -2.47. The number of anilines is 1. The van der Waals surface area contributed by atoms with Crippen LogP contribution in [0.3, 0.4) is 0 Å². The van der Waals surface area contributed by atoms with Crippen LogP contribution in [0.2, 0.25) is 5.02 Å². The van der Waals surface area contributed by atoms with Crippen LogP contribution in [0.25, 0.3) is 11.4 Å². The predicted octanol–water partition coefficient (Wildman–Crippen LogP) is 4.31. The highest BCUT2D eigenvalue weighted by molar-refractivity contribution is 7.91. The number of amides is 2. The van der Waals surface area contributed by atoms with Gasteiger partial charge in [0, 0.05) is 31.1 Å². The van der Waals surface area contributed by atoms with Gasteiger partial charge in [0.05, 0.1) is 33.6 Å². The molecule has 3 unspecified atom stereocenters. The fourth-order valence-electron chi connectivity index (χ4n) is 7.90. The van der Waals surface area contributed by atoms with Crippen molar-refractivity contribution in [3.63, 3.8) is 0 Å². The molecule has 2 fully saturated rings. The molecule has 13 nitrogen and oxygen atoms in total. The topological polar surface area (TPSA) is 167 Å². The summed E-state index contributed by atoms with van der Waals surface area (Å²) in [6.07, 6.45) is -0.904. The van der Waals surface area contributed by atoms with Crippen molar-refractivity contribution in [2.24, 2.45) is 11.8 Å². The largest absolute Gasteiger partial charge is 0.616 e. The highest BCUT2D eigenvalue weighted by Crippen LogP contribution is 2.48. The maximum atomic E-state index is 14.4. The molecule has 272 valence electrons. The minimum absolute atomic E-state index is 0.0349. The summed E-state index contributed by atoms with van der Waals surface area (Å²) in [5.74, 6) is 0.422. The Morgan fingerprint density at radius 3 is 2.67 bits per heavy atom. The van der Waals surface area contributed by atoms with E-state index in [4.69, 9.17) is 21.3 Å². The van der Waals surface area contributed by atoms with E-state index in [-0.39, 0.29) is 71.3 Å². The van der Waals surface area contributed by atoms with Crippen LogP contribution in [0.1, 0.15) is 65.4 Å². The van der Waals surface area contributed by atoms with Crippen LogP contribution in [0.4, 0.5) is 18.9 Å². The van der Waals surface area contributed by atoms with Gasteiger partial charge in [-0.25, -0.2) is 4.98 Å². The zero-order chi connectivity index (χ0) is 36.7. The second-order valence-electron chi connectivity index (χ2n) is 13.6. The zero-order valence-electron chi connectivity index (χ0n) is 27.5. The van der Waals surface area contributed by atoms with E-state index in [1.165, 1.54) is 27.8 Å². The summed E-state index contributed by atoms with van der Waals surface area (Å²) in [4.78, 5) is 51.6. The van der Waals surface area contributed by atoms with Gasteiger partial charge in [0.25, 0.3) is 11.5 Å². The smallest absolute Gasteiger partial charge is 0.416 e. The quantitative estimate of drug-likeness (QED) is 0.282. The SMILES string of the molecule is C[C@H]1OC2(CCN(C(=O)c3ncccc3O)CC2)c2c1n(CC(=O)Nc1ccc(C(F)(F)F)cc1Cl)c1nc(C3=CC4C[S+]([O-])CC4C3)nn1c2=O. The van der Waals surface area contributed by atoms with Crippen molar-refractivity contribution in [1.29, 1.82) is 0 Å². The first-order valence-corrected chi connectivity index (χ1v) is 18.5. The average Bonchev–Trinajstić information content (AvgIpc) is 3.85. The van der Waals surface area contributed by atoms with E-state index in [0.717, 1.165) is 28.3 Å². The molecule has 4 atom stereocenters. The molecule has 18 heteroatoms. The molecule has 6 heterocycles. The Kier molecular flexibility index (Phi) is 8.39. The van der Waals surface area contributed by atoms with Gasteiger partial charge in [-0.15, -0.1) is 5.10 Å². The summed E-state index contributed by atoms with van der Waals surface area (Å²) in [6.45, 7) is 1.67. The van der Waals surface area contributed by atoms with Crippen LogP contribution >= 0.6 is 11.6 Å². The van der Waals surface area contributed by atoms with Gasteiger partial charge < -0.3 is 29.2 Å². The molecule has 0 radical (unpaired) electrons. The van der Waals surface area contributed by atoms with Gasteiger partial charge >= 0.3 is 6.18 Å². The Bertz CT molecular complexity index is 2230. The lowest BCUT2D eigenvalue weighted by Gasteiger charge is -2.39. The minimum atomic E-state index is -4.63. The maximum Gasteiger partial charge on any atom is 0.416 e. The average molecular weight is 758 g/mol. The van der Waals surface area contributed by atoms with Gasteiger partial charge in [-0.3, -0.25) is 14.4 Å². The third-order valence-electron chi connectivity index (χ3n) is 10.3. The van der Waals surface area contributed by atoms with Gasteiger partial charge in [-0.2, -0.15) is 22.7 Å². The number of aromatic hydroxyl groups is 1. The molecule has 1 aliphatic carbocycles. The first-order chi connectivity index (χ1) is 24.7. The van der Waals surface area contributed by atoms with Crippen LogP contribution in [-0.4, -0.2) is 75.1 Å². The van der Waals surface area contributed by atoms with E-state index >= 15 is 0 Å². The molecule has 2 saturated heterocycles. The molecule has 1 aromatic carbocycles. The summed E-state index contributed by atoms with van der Waals surface area (Å²) in [6, 6.07) is 5.50. The van der Waals surface area contributed by atoms with Crippen molar-refractivity contribution < 1.29 is 37.2 Å². The molecule has 0 bridgehead atoms. The third-order valence-corrected chi connectivity index (χ3v) is 12.2. The third kappa shape index (κ3) is 5.83. The van der Waals surface area contributed by atoms with Gasteiger partial charge in [0.1, 0.15) is 29.4 Å². The first-order valence-electron chi connectivity index (χ1n) is 16.6. The molecule has 2 amide bonds. The number of likely N-dealkylation sites (tertiary alicyclic amines) is 1. The number of halogens is 4. The fourth-order valence-corrected chi connectivity index (χ4v) is 9.90. The molecule has 3 aliphatic heterocycles. The number of fused-ring (bicyclic) bond motifs is 4. The van der Waals surface area contributed by atoms with Crippen LogP contribution in [0, 0.1) is 11.8 Å². The number of carbonyl (C=O) groups excluding carboxylic acids is 2. The Morgan fingerprint density at radius 2 is 1.98 bits per heavy atom. The van der Waals surface area contributed by atoms with Crippen molar-refractivity contribution in [3.8, 4) is 5.75 Å². The number of hydrogen-bond donors (Lipinski definition) is 2. The Hall–Kier alpha value is -4.45. The molecule has 2 N–H and O–H groups in total. The zero-order valence-corrected chi connectivity index (χ0v) is 29.1. The molecule has 4 aliphatic rings. The Balaban J connectivity index is 1.17. The molecule has 4 aromatic rings. The van der Waals surface area contributed by atoms with E-state index in [1.807, 2.05) is 6.08 Å². The highest BCUT2D eigenvalue weighted by atomic mass is 35.5. The molecule has 0 saturated carbocycles. The number of hydrogen-bond acceptors (Lipinski definition) is 9. The fraction of sp³-hybridized carbons (Fsp3) is 0.412. The van der Waals surface area contributed by atoms with Crippen LogP contribution < -0.4 is 10.9 Å². The number of nitrogens with zero attached hydrogens (tertiary/aromatic N) is 6. The van der Waals surface area contributed by atoms with Gasteiger partial charge in [-0.1, -0.05) is 28.9 Å². The number of alkyl halides is 3. The second kappa shape index (κ2) is 12.6. The lowest BCUT2D eigenvalue weighted by atomic mass is 9.85. The minimum Gasteiger partial charge on any atom is -0.616 e. The van der Waals surface area contributed by atoms with E-state index in [2.05, 4.69) is 15.4 Å². The van der Waals surface area contributed by atoms with Crippen molar-refractivity contribution >= 4 is 51.6 Å². The van der Waals surface area contributed by atoms with Gasteiger partial charge in [0.15, 0.2) is 11.5 Å². The van der Waals surface area contributed by atoms with Crippen molar-refractivity contribution in [3.05, 3.63) is 86.3 Å². The van der Waals surface area contributed by atoms with Gasteiger partial charge in [0.2, 0.25) is 11.7 Å². The molecule has 52 heavy (non-hydrogen) atoms. The second-order valence-corrected chi connectivity index (χ2v) is 15.5. The first kappa shape index (κ1) is 34.6. The number of benzene rings is 1. The summed E-state index contributed by atoms with van der Waals surface area (Å²) in [7, 11) is 0. The van der Waals surface area contributed by atoms with Gasteiger partial charge in [-0.05, 0) is 62.1 Å². The summed E-state index contributed by atoms with van der Waals surface area (Å²) < 4.78 is 61.1. The summed E-state index contributed by atoms with van der Waals surface area (Å²) in [5.41, 5.74) is -1.27. The van der Waals surface area contributed by atoms with Crippen LogP contribution in [-0.2, 0) is 39.0 Å². The number of allylic oxidation sites excluding steroid dienone is 2. The number of aromatic nitrogens is 5. The summed E-state index contributed by atoms with van der Waals surface area (Å²) in [5, 5.41) is 17.1. The number of pyridine rings is 1. The Morgan fingerprint density at radius 1 is 1.21 bits per heavy atom. The number of carbonyl (C=O) groups is 2. The molecule has 3 aromatic heterocycles. The number of piperidine rings is 1. The van der Waals surface area contributed by atoms with Crippen LogP contribution in [0.5, 0.6) is 5.75 Å². The van der Waals surface area contributed by atoms with Crippen LogP contribution in [0.15, 0.2) is 47.4 Å². The standard InChI is InChI=1S/C34H31ClF3N7O6S/c1-17-28-26(33(51-17)6-9-43(10-7-33)31(49)27-24(46)3-2-8-39-27)30(48)45-32(41-29(42-45)18-11-19-15-52(50)16-20(19)12-18)44(28)14-25(47)40-23-5-4-21(13-22(23)35)34(36,37)38/h2-5,8,11,13,17,19-20,46H,6-7,9-10,12,14-16H2,1H3,(H,40,47)/t17-,19?,20?,52?/m1/s1. The number of rotatable bonds is 5. The molecular weight excluding hydrogens is 727 g/mol. The monoisotopic (exact) mass is 757 g/mol. The lowest BCUT2D eigenvalue weighted by molar-refractivity contribution is -0.137. The molecular formula is C34H31ClF3N7O6S. The number of ether oxygens (including phenoxy) is 1. The maximum absolute atomic E-state index is 14.4. The predicted molar refractivity (Wildman–Crippen MR) is 182 cm³/mol.